The van der Waals surface area contributed by atoms with Gasteiger partial charge in [0.05, 0.1) is 12.1 Å². The highest BCUT2D eigenvalue weighted by Crippen LogP contribution is 2.25. The summed E-state index contributed by atoms with van der Waals surface area (Å²) in [5.41, 5.74) is 0.584. The Balaban J connectivity index is 3.03. The smallest absolute Gasteiger partial charge is 0.129 e. The van der Waals surface area contributed by atoms with Crippen LogP contribution < -0.4 is 5.32 Å². The molecule has 0 saturated carbocycles. The second kappa shape index (κ2) is 6.18. The molecule has 0 radical (unpaired) electrons. The van der Waals surface area contributed by atoms with Gasteiger partial charge < -0.3 is 10.1 Å². The minimum absolute atomic E-state index is 0.0549. The van der Waals surface area contributed by atoms with Gasteiger partial charge in [0.25, 0.3) is 0 Å². The standard InChI is InChI=1S/C12H17ClFNO/c1-4-11(16-3)12(15-2)9-6-5-8(13)7-10(9)14/h5-7,11-12,15H,4H2,1-3H3. The molecule has 1 rings (SSSR count). The highest BCUT2D eigenvalue weighted by Gasteiger charge is 2.22. The van der Waals surface area contributed by atoms with Crippen LogP contribution in [0.2, 0.25) is 5.02 Å². The predicted molar refractivity (Wildman–Crippen MR) is 64.3 cm³/mol. The van der Waals surface area contributed by atoms with Crippen molar-refractivity contribution in [1.82, 2.24) is 5.32 Å². The van der Waals surface area contributed by atoms with E-state index in [1.807, 2.05) is 6.92 Å². The first kappa shape index (κ1) is 13.4. The van der Waals surface area contributed by atoms with Gasteiger partial charge in [-0.3, -0.25) is 0 Å². The Kier molecular flexibility index (Phi) is 5.19. The zero-order valence-corrected chi connectivity index (χ0v) is 10.5. The molecule has 16 heavy (non-hydrogen) atoms. The summed E-state index contributed by atoms with van der Waals surface area (Å²) in [6, 6.07) is 4.55. The van der Waals surface area contributed by atoms with Crippen molar-refractivity contribution in [2.24, 2.45) is 0 Å². The largest absolute Gasteiger partial charge is 0.379 e. The maximum atomic E-state index is 13.7. The molecule has 0 fully saturated rings. The normalized spacial score (nSPS) is 14.8. The Morgan fingerprint density at radius 3 is 2.62 bits per heavy atom. The quantitative estimate of drug-likeness (QED) is 0.861. The number of halogens is 2. The summed E-state index contributed by atoms with van der Waals surface area (Å²) < 4.78 is 19.1. The van der Waals surface area contributed by atoms with Gasteiger partial charge in [-0.25, -0.2) is 4.39 Å². The lowest BCUT2D eigenvalue weighted by Crippen LogP contribution is -2.31. The first-order valence-electron chi connectivity index (χ1n) is 5.29. The Hall–Kier alpha value is -0.640. The van der Waals surface area contributed by atoms with Crippen LogP contribution in [0, 0.1) is 5.82 Å². The molecule has 1 N–H and O–H groups in total. The van der Waals surface area contributed by atoms with Crippen molar-refractivity contribution in [3.05, 3.63) is 34.6 Å². The molecule has 0 bridgehead atoms. The van der Waals surface area contributed by atoms with Crippen LogP contribution in [0.15, 0.2) is 18.2 Å². The predicted octanol–water partition coefficient (Wildman–Crippen LogP) is 3.16. The fourth-order valence-corrected chi connectivity index (χ4v) is 1.99. The summed E-state index contributed by atoms with van der Waals surface area (Å²) in [6.45, 7) is 2.01. The first-order valence-corrected chi connectivity index (χ1v) is 5.66. The number of hydrogen-bond donors (Lipinski definition) is 1. The highest BCUT2D eigenvalue weighted by atomic mass is 35.5. The molecule has 2 nitrogen and oxygen atoms in total. The van der Waals surface area contributed by atoms with Gasteiger partial charge in [0.15, 0.2) is 0 Å². The van der Waals surface area contributed by atoms with Crippen molar-refractivity contribution in [3.8, 4) is 0 Å². The summed E-state index contributed by atoms with van der Waals surface area (Å²) in [4.78, 5) is 0. The number of rotatable bonds is 5. The molecular weight excluding hydrogens is 229 g/mol. The van der Waals surface area contributed by atoms with E-state index >= 15 is 0 Å². The average Bonchev–Trinajstić information content (AvgIpc) is 2.27. The van der Waals surface area contributed by atoms with Crippen LogP contribution in [0.4, 0.5) is 4.39 Å². The molecule has 2 unspecified atom stereocenters. The van der Waals surface area contributed by atoms with Gasteiger partial charge in [0.1, 0.15) is 5.82 Å². The average molecular weight is 246 g/mol. The molecule has 0 aromatic heterocycles. The third-order valence-corrected chi connectivity index (χ3v) is 2.92. The van der Waals surface area contributed by atoms with Crippen molar-refractivity contribution >= 4 is 11.6 Å². The molecule has 0 spiro atoms. The second-order valence-corrected chi connectivity index (χ2v) is 4.05. The van der Waals surface area contributed by atoms with Crippen molar-refractivity contribution in [3.63, 3.8) is 0 Å². The van der Waals surface area contributed by atoms with Crippen molar-refractivity contribution in [1.29, 1.82) is 0 Å². The van der Waals surface area contributed by atoms with Crippen molar-refractivity contribution in [2.45, 2.75) is 25.5 Å². The number of methoxy groups -OCH3 is 1. The molecule has 0 saturated heterocycles. The Morgan fingerprint density at radius 1 is 1.50 bits per heavy atom. The minimum Gasteiger partial charge on any atom is -0.379 e. The van der Waals surface area contributed by atoms with E-state index in [-0.39, 0.29) is 18.0 Å². The molecule has 1 aromatic rings. The highest BCUT2D eigenvalue weighted by molar-refractivity contribution is 6.30. The van der Waals surface area contributed by atoms with E-state index in [4.69, 9.17) is 16.3 Å². The minimum atomic E-state index is -0.303. The van der Waals surface area contributed by atoms with Gasteiger partial charge in [0, 0.05) is 17.7 Å². The summed E-state index contributed by atoms with van der Waals surface area (Å²) in [5.74, 6) is -0.303. The maximum Gasteiger partial charge on any atom is 0.129 e. The monoisotopic (exact) mass is 245 g/mol. The molecule has 90 valence electrons. The van der Waals surface area contributed by atoms with Crippen molar-refractivity contribution in [2.75, 3.05) is 14.2 Å². The third kappa shape index (κ3) is 2.94. The van der Waals surface area contributed by atoms with E-state index in [2.05, 4.69) is 5.32 Å². The van der Waals surface area contributed by atoms with E-state index in [9.17, 15) is 4.39 Å². The summed E-state index contributed by atoms with van der Waals surface area (Å²) in [6.07, 6.45) is 0.755. The first-order chi connectivity index (χ1) is 7.63. The molecule has 0 heterocycles. The zero-order chi connectivity index (χ0) is 12.1. The van der Waals surface area contributed by atoms with Gasteiger partial charge in [-0.05, 0) is 25.6 Å². The van der Waals surface area contributed by atoms with E-state index in [0.29, 0.717) is 10.6 Å². The van der Waals surface area contributed by atoms with E-state index in [1.165, 1.54) is 6.07 Å². The molecule has 1 aromatic carbocycles. The van der Waals surface area contributed by atoms with E-state index in [0.717, 1.165) is 6.42 Å². The fraction of sp³-hybridized carbons (Fsp3) is 0.500. The second-order valence-electron chi connectivity index (χ2n) is 3.61. The summed E-state index contributed by atoms with van der Waals surface area (Å²) >= 11 is 5.72. The van der Waals surface area contributed by atoms with Gasteiger partial charge in [-0.2, -0.15) is 0 Å². The van der Waals surface area contributed by atoms with E-state index in [1.54, 1.807) is 26.3 Å². The van der Waals surface area contributed by atoms with Crippen LogP contribution in [0.3, 0.4) is 0 Å². The van der Waals surface area contributed by atoms with Gasteiger partial charge >= 0.3 is 0 Å². The number of hydrogen-bond acceptors (Lipinski definition) is 2. The summed E-state index contributed by atoms with van der Waals surface area (Å²) in [5, 5.41) is 3.48. The van der Waals surface area contributed by atoms with E-state index < -0.39 is 0 Å². The SMILES string of the molecule is CCC(OC)C(NC)c1ccc(Cl)cc1F. The van der Waals surface area contributed by atoms with Crippen LogP contribution in [0.1, 0.15) is 24.9 Å². The Bertz CT molecular complexity index is 342. The van der Waals surface area contributed by atoms with Crippen LogP contribution in [-0.2, 0) is 4.74 Å². The number of likely N-dealkylation sites (N-methyl/N-ethyl adjacent to an activating group) is 1. The maximum absolute atomic E-state index is 13.7. The Labute approximate surface area is 101 Å². The fourth-order valence-electron chi connectivity index (χ4n) is 1.83. The van der Waals surface area contributed by atoms with Gasteiger partial charge in [0.2, 0.25) is 0 Å². The third-order valence-electron chi connectivity index (χ3n) is 2.69. The van der Waals surface area contributed by atoms with Gasteiger partial charge in [-0.15, -0.1) is 0 Å². The van der Waals surface area contributed by atoms with Crippen LogP contribution in [-0.4, -0.2) is 20.3 Å². The number of ether oxygens (including phenoxy) is 1. The Morgan fingerprint density at radius 2 is 2.19 bits per heavy atom. The van der Waals surface area contributed by atoms with Gasteiger partial charge in [-0.1, -0.05) is 24.6 Å². The molecule has 0 amide bonds. The zero-order valence-electron chi connectivity index (χ0n) is 9.76. The topological polar surface area (TPSA) is 21.3 Å². The summed E-state index contributed by atoms with van der Waals surface area (Å²) in [7, 11) is 3.42. The number of benzene rings is 1. The van der Waals surface area contributed by atoms with Crippen LogP contribution >= 0.6 is 11.6 Å². The lowest BCUT2D eigenvalue weighted by Gasteiger charge is -2.25. The molecule has 4 heteroatoms. The van der Waals surface area contributed by atoms with Crippen LogP contribution in [0.25, 0.3) is 0 Å². The molecule has 0 aliphatic rings. The molecule has 0 aliphatic heterocycles. The molecule has 2 atom stereocenters. The number of nitrogens with one attached hydrogen (secondary N) is 1. The van der Waals surface area contributed by atoms with Crippen LogP contribution in [0.5, 0.6) is 0 Å². The lowest BCUT2D eigenvalue weighted by atomic mass is 9.99. The lowest BCUT2D eigenvalue weighted by molar-refractivity contribution is 0.0664. The molecular formula is C12H17ClFNO. The molecule has 0 aliphatic carbocycles. The van der Waals surface area contributed by atoms with Crippen molar-refractivity contribution < 1.29 is 9.13 Å².